The van der Waals surface area contributed by atoms with Gasteiger partial charge in [0.15, 0.2) is 0 Å². The van der Waals surface area contributed by atoms with Gasteiger partial charge in [0.25, 0.3) is 5.92 Å². The summed E-state index contributed by atoms with van der Waals surface area (Å²) in [5.74, 6) is -3.20. The number of aromatic nitrogens is 2. The van der Waals surface area contributed by atoms with Gasteiger partial charge in [-0.05, 0) is 12.1 Å². The standard InChI is InChI=1S/C10H7F2N3O/c11-10(12,3-4-13)6-1-2-7-8(5-6)15-9(16)14-7/h1-2,5H,3H2,(H2,14,15,16). The van der Waals surface area contributed by atoms with Gasteiger partial charge in [-0.15, -0.1) is 0 Å². The molecule has 0 saturated heterocycles. The van der Waals surface area contributed by atoms with Crippen molar-refractivity contribution in [2.75, 3.05) is 0 Å². The first-order valence-electron chi connectivity index (χ1n) is 4.50. The van der Waals surface area contributed by atoms with E-state index in [9.17, 15) is 13.6 Å². The van der Waals surface area contributed by atoms with Crippen molar-refractivity contribution in [3.63, 3.8) is 0 Å². The number of benzene rings is 1. The lowest BCUT2D eigenvalue weighted by Gasteiger charge is -2.12. The van der Waals surface area contributed by atoms with E-state index in [1.165, 1.54) is 24.3 Å². The summed E-state index contributed by atoms with van der Waals surface area (Å²) in [6.07, 6.45) is -0.882. The number of H-pyrrole nitrogens is 2. The van der Waals surface area contributed by atoms with E-state index in [0.29, 0.717) is 11.0 Å². The first kappa shape index (κ1) is 10.4. The van der Waals surface area contributed by atoms with E-state index in [1.807, 2.05) is 0 Å². The van der Waals surface area contributed by atoms with Crippen LogP contribution in [-0.2, 0) is 5.92 Å². The molecular weight excluding hydrogens is 216 g/mol. The third kappa shape index (κ3) is 1.67. The van der Waals surface area contributed by atoms with Gasteiger partial charge in [-0.3, -0.25) is 0 Å². The molecule has 16 heavy (non-hydrogen) atoms. The maximum absolute atomic E-state index is 13.4. The molecule has 0 saturated carbocycles. The molecular formula is C10H7F2N3O. The van der Waals surface area contributed by atoms with Crippen LogP contribution in [0.1, 0.15) is 12.0 Å². The number of rotatable bonds is 2. The van der Waals surface area contributed by atoms with Crippen LogP contribution in [0.4, 0.5) is 8.78 Å². The summed E-state index contributed by atoms with van der Waals surface area (Å²) < 4.78 is 26.7. The molecule has 0 aliphatic carbocycles. The first-order valence-corrected chi connectivity index (χ1v) is 4.50. The summed E-state index contributed by atoms with van der Waals surface area (Å²) in [6.45, 7) is 0. The highest BCUT2D eigenvalue weighted by atomic mass is 19.3. The molecule has 1 aromatic heterocycles. The average molecular weight is 223 g/mol. The van der Waals surface area contributed by atoms with Gasteiger partial charge in [0, 0.05) is 5.56 Å². The molecule has 2 rings (SSSR count). The summed E-state index contributed by atoms with van der Waals surface area (Å²) in [7, 11) is 0. The number of nitrogens with zero attached hydrogens (tertiary/aromatic N) is 1. The Hall–Kier alpha value is -2.16. The lowest BCUT2D eigenvalue weighted by Crippen LogP contribution is -2.11. The van der Waals surface area contributed by atoms with E-state index in [1.54, 1.807) is 0 Å². The number of alkyl halides is 2. The highest BCUT2D eigenvalue weighted by Gasteiger charge is 2.31. The Bertz CT molecular complexity index is 621. The lowest BCUT2D eigenvalue weighted by atomic mass is 10.1. The second kappa shape index (κ2) is 3.45. The van der Waals surface area contributed by atoms with E-state index in [4.69, 9.17) is 5.26 Å². The highest BCUT2D eigenvalue weighted by molar-refractivity contribution is 5.75. The van der Waals surface area contributed by atoms with Crippen LogP contribution < -0.4 is 5.69 Å². The van der Waals surface area contributed by atoms with Crippen molar-refractivity contribution in [1.29, 1.82) is 5.26 Å². The lowest BCUT2D eigenvalue weighted by molar-refractivity contribution is 0.00107. The van der Waals surface area contributed by atoms with Gasteiger partial charge in [-0.25, -0.2) is 13.6 Å². The van der Waals surface area contributed by atoms with Crippen LogP contribution in [0.2, 0.25) is 0 Å². The molecule has 2 N–H and O–H groups in total. The third-order valence-electron chi connectivity index (χ3n) is 2.24. The number of hydrogen-bond donors (Lipinski definition) is 2. The number of fused-ring (bicyclic) bond motifs is 1. The molecule has 0 spiro atoms. The maximum Gasteiger partial charge on any atom is 0.323 e. The molecule has 0 aliphatic rings. The third-order valence-corrected chi connectivity index (χ3v) is 2.24. The zero-order chi connectivity index (χ0) is 11.8. The first-order chi connectivity index (χ1) is 7.53. The predicted octanol–water partition coefficient (Wildman–Crippen LogP) is 1.86. The molecule has 0 unspecified atom stereocenters. The number of aromatic amines is 2. The number of hydrogen-bond acceptors (Lipinski definition) is 2. The van der Waals surface area contributed by atoms with Crippen molar-refractivity contribution in [1.82, 2.24) is 9.97 Å². The summed E-state index contributed by atoms with van der Waals surface area (Å²) in [5.41, 5.74) is 0.0363. The maximum atomic E-state index is 13.4. The Kier molecular flexibility index (Phi) is 2.23. The normalized spacial score (nSPS) is 11.6. The van der Waals surface area contributed by atoms with Crippen LogP contribution in [0.3, 0.4) is 0 Å². The fourth-order valence-corrected chi connectivity index (χ4v) is 1.46. The van der Waals surface area contributed by atoms with Gasteiger partial charge < -0.3 is 9.97 Å². The average Bonchev–Trinajstić information content (AvgIpc) is 2.56. The van der Waals surface area contributed by atoms with Gasteiger partial charge >= 0.3 is 5.69 Å². The predicted molar refractivity (Wildman–Crippen MR) is 53.0 cm³/mol. The molecule has 1 heterocycles. The molecule has 82 valence electrons. The van der Waals surface area contributed by atoms with E-state index in [0.717, 1.165) is 0 Å². The fourth-order valence-electron chi connectivity index (χ4n) is 1.46. The molecule has 0 bridgehead atoms. The Morgan fingerprint density at radius 2 is 2.00 bits per heavy atom. The van der Waals surface area contributed by atoms with Gasteiger partial charge in [-0.2, -0.15) is 5.26 Å². The smallest absolute Gasteiger partial charge is 0.306 e. The van der Waals surface area contributed by atoms with Crippen LogP contribution in [0.25, 0.3) is 11.0 Å². The van der Waals surface area contributed by atoms with Crippen molar-refractivity contribution < 1.29 is 8.78 Å². The molecule has 1 aromatic carbocycles. The number of imidazole rings is 1. The number of nitriles is 1. The Morgan fingerprint density at radius 3 is 2.69 bits per heavy atom. The molecule has 4 nitrogen and oxygen atoms in total. The molecule has 2 aromatic rings. The van der Waals surface area contributed by atoms with Crippen molar-refractivity contribution in [3.8, 4) is 6.07 Å². The molecule has 6 heteroatoms. The van der Waals surface area contributed by atoms with E-state index in [2.05, 4.69) is 9.97 Å². The Morgan fingerprint density at radius 1 is 1.31 bits per heavy atom. The monoisotopic (exact) mass is 223 g/mol. The zero-order valence-electron chi connectivity index (χ0n) is 8.05. The summed E-state index contributed by atoms with van der Waals surface area (Å²) in [4.78, 5) is 15.8. The van der Waals surface area contributed by atoms with Gasteiger partial charge in [0.05, 0.1) is 17.1 Å². The highest BCUT2D eigenvalue weighted by Crippen LogP contribution is 2.32. The second-order valence-electron chi connectivity index (χ2n) is 3.38. The van der Waals surface area contributed by atoms with Gasteiger partial charge in [0.2, 0.25) is 0 Å². The van der Waals surface area contributed by atoms with Crippen LogP contribution in [0, 0.1) is 11.3 Å². The fraction of sp³-hybridized carbons (Fsp3) is 0.200. The van der Waals surface area contributed by atoms with Crippen LogP contribution >= 0.6 is 0 Å². The van der Waals surface area contributed by atoms with Crippen molar-refractivity contribution in [3.05, 3.63) is 34.2 Å². The van der Waals surface area contributed by atoms with Gasteiger partial charge in [-0.1, -0.05) is 6.07 Å². The molecule has 0 radical (unpaired) electrons. The molecule has 0 amide bonds. The quantitative estimate of drug-likeness (QED) is 0.815. The van der Waals surface area contributed by atoms with E-state index >= 15 is 0 Å². The largest absolute Gasteiger partial charge is 0.323 e. The summed E-state index contributed by atoms with van der Waals surface area (Å²) >= 11 is 0. The Labute approximate surface area is 88.5 Å². The topological polar surface area (TPSA) is 72.4 Å². The van der Waals surface area contributed by atoms with Crippen LogP contribution in [0.5, 0.6) is 0 Å². The zero-order valence-corrected chi connectivity index (χ0v) is 8.05. The Balaban J connectivity index is 2.55. The minimum atomic E-state index is -3.20. The minimum Gasteiger partial charge on any atom is -0.306 e. The second-order valence-corrected chi connectivity index (χ2v) is 3.38. The SMILES string of the molecule is N#CCC(F)(F)c1ccc2[nH]c(=O)[nH]c2c1. The van der Waals surface area contributed by atoms with Crippen molar-refractivity contribution >= 4 is 11.0 Å². The van der Waals surface area contributed by atoms with Crippen molar-refractivity contribution in [2.24, 2.45) is 0 Å². The summed E-state index contributed by atoms with van der Waals surface area (Å²) in [6, 6.07) is 5.18. The van der Waals surface area contributed by atoms with E-state index in [-0.39, 0.29) is 5.56 Å². The van der Waals surface area contributed by atoms with Gasteiger partial charge in [0.1, 0.15) is 6.42 Å². The van der Waals surface area contributed by atoms with E-state index < -0.39 is 18.0 Å². The van der Waals surface area contributed by atoms with Crippen LogP contribution in [0.15, 0.2) is 23.0 Å². The minimum absolute atomic E-state index is 0.281. The molecule has 0 atom stereocenters. The number of nitrogens with one attached hydrogen (secondary N) is 2. The van der Waals surface area contributed by atoms with Crippen LogP contribution in [-0.4, -0.2) is 9.97 Å². The summed E-state index contributed by atoms with van der Waals surface area (Å²) in [5, 5.41) is 8.29. The van der Waals surface area contributed by atoms with Crippen molar-refractivity contribution in [2.45, 2.75) is 12.3 Å². The molecule has 0 aliphatic heterocycles. The number of halogens is 2. The molecule has 0 fully saturated rings.